The molecule has 16 heteroatoms. The van der Waals surface area contributed by atoms with Gasteiger partial charge in [0.15, 0.2) is 0 Å². The molecule has 0 aliphatic carbocycles. The van der Waals surface area contributed by atoms with Gasteiger partial charge >= 0.3 is 190 Å². The van der Waals surface area contributed by atoms with Crippen LogP contribution in [-0.2, 0) is 24.8 Å². The number of unbranched alkanes of at least 4 members (excludes halogenated alkanes) is 24. The Balaban J connectivity index is -0.000000176. The van der Waals surface area contributed by atoms with Crippen LogP contribution in [0.25, 0.3) is 0 Å². The first kappa shape index (κ1) is 70.4. The van der Waals surface area contributed by atoms with Gasteiger partial charge in [0.2, 0.25) is 0 Å². The molecule has 0 radical (unpaired) electrons. The average Bonchev–Trinajstić information content (AvgIpc) is 3.13. The van der Waals surface area contributed by atoms with Crippen molar-refractivity contribution in [3.8, 4) is 0 Å². The van der Waals surface area contributed by atoms with Crippen molar-refractivity contribution in [2.75, 3.05) is 0 Å². The Morgan fingerprint density at radius 1 is 0.542 bits per heavy atom. The molecule has 0 atom stereocenters. The summed E-state index contributed by atoms with van der Waals surface area (Å²) in [5.74, 6) is -4.01. The Morgan fingerprint density at radius 3 is 1.03 bits per heavy atom. The molecular formula is C43H79Na3O12S. The zero-order valence-electron chi connectivity index (χ0n) is 35.8. The second-order valence-corrected chi connectivity index (χ2v) is 16.1. The SMILES string of the molecule is CC(=O)O.CCCCCCCCCCCCCCCCCC/C(=C\C(=O)O)C(=O)O.CCCCCCCCCCC[CH2][Na].O=C(O)c1ccccc1.O=S(=O)(O)O.[NaH].[NaH]. The molecule has 12 nitrogen and oxygen atoms in total. The van der Waals surface area contributed by atoms with Gasteiger partial charge in [-0.1, -0.05) is 121 Å². The number of benzene rings is 1. The number of carboxylic acids is 4. The van der Waals surface area contributed by atoms with E-state index in [0.717, 1.165) is 32.3 Å². The zero-order valence-corrected chi connectivity index (χ0v) is 38.6. The Morgan fingerprint density at radius 2 is 0.814 bits per heavy atom. The molecule has 1 aromatic rings. The van der Waals surface area contributed by atoms with E-state index in [-0.39, 0.29) is 64.7 Å². The fraction of sp³-hybridized carbons (Fsp3) is 0.721. The van der Waals surface area contributed by atoms with Crippen LogP contribution in [0.15, 0.2) is 42.0 Å². The van der Waals surface area contributed by atoms with Crippen LogP contribution in [0.1, 0.15) is 204 Å². The first-order chi connectivity index (χ1) is 27.0. The summed E-state index contributed by atoms with van der Waals surface area (Å²) < 4.78 is 33.1. The van der Waals surface area contributed by atoms with Crippen LogP contribution < -0.4 is 0 Å². The molecule has 0 amide bonds. The predicted octanol–water partition coefficient (Wildman–Crippen LogP) is 10.8. The number of hydrogen-bond donors (Lipinski definition) is 6. The molecular weight excluding hydrogens is 809 g/mol. The third-order valence-electron chi connectivity index (χ3n) is 8.60. The molecule has 0 heterocycles. The third-order valence-corrected chi connectivity index (χ3v) is 9.31. The average molecular weight is 889 g/mol. The fourth-order valence-electron chi connectivity index (χ4n) is 5.57. The number of carboxylic acid groups (broad SMARTS) is 4. The quantitative estimate of drug-likeness (QED) is 0.0184. The molecule has 0 saturated heterocycles. The minimum atomic E-state index is -4.67. The number of aliphatic carboxylic acids is 3. The standard InChI is InChI=1S/C22H40O4.C12H25.C7H6O2.C2H4O2.3Na.H2O4S.2H/c1-2-3-4-5-6-7-8-9-10-11-12-13-14-15-16-17-18-20(22(25)26)19-21(23)24;1-3-5-7-9-11-12-10-8-6-4-2;8-7(9)6-4-2-1-3-5-6;1-2(3)4;;;;1-5(2,3)4;;/h19H,2-18H2,1H3,(H,23,24)(H,25,26);1,3-12H2,2H3;1-5H,(H,8,9);1H3,(H,3,4);;;;(H2,1,2,3,4);;/b20-19+;;;;;;;;;. The molecule has 0 fully saturated rings. The van der Waals surface area contributed by atoms with Gasteiger partial charge in [-0.3, -0.25) is 13.9 Å². The summed E-state index contributed by atoms with van der Waals surface area (Å²) in [5, 5.41) is 33.3. The monoisotopic (exact) mass is 888 g/mol. The van der Waals surface area contributed by atoms with Crippen LogP contribution in [0, 0.1) is 0 Å². The first-order valence-corrected chi connectivity index (χ1v) is 24.2. The van der Waals surface area contributed by atoms with Crippen LogP contribution in [-0.4, -0.2) is 149 Å². The number of rotatable bonds is 30. The molecule has 0 aromatic heterocycles. The maximum absolute atomic E-state index is 10.9. The van der Waals surface area contributed by atoms with Gasteiger partial charge in [-0.25, -0.2) is 14.4 Å². The topological polar surface area (TPSA) is 224 Å². The van der Waals surface area contributed by atoms with Gasteiger partial charge in [0.1, 0.15) is 0 Å². The maximum atomic E-state index is 10.9. The van der Waals surface area contributed by atoms with E-state index in [4.69, 9.17) is 42.7 Å². The molecule has 0 bridgehead atoms. The zero-order chi connectivity index (χ0) is 44.0. The van der Waals surface area contributed by atoms with Gasteiger partial charge in [0, 0.05) is 18.6 Å². The molecule has 0 unspecified atom stereocenters. The first-order valence-electron chi connectivity index (χ1n) is 21.4. The van der Waals surface area contributed by atoms with E-state index in [1.54, 1.807) is 30.3 Å². The number of aromatic carboxylic acids is 1. The minimum absolute atomic E-state index is 0. The van der Waals surface area contributed by atoms with Crippen LogP contribution in [0.5, 0.6) is 0 Å². The van der Waals surface area contributed by atoms with Crippen molar-refractivity contribution in [3.05, 3.63) is 47.5 Å². The Kier molecular flexibility index (Phi) is 66.5. The summed E-state index contributed by atoms with van der Waals surface area (Å²) in [6.07, 6.45) is 36.3. The summed E-state index contributed by atoms with van der Waals surface area (Å²) in [6.45, 7) is 5.63. The summed E-state index contributed by atoms with van der Waals surface area (Å²) >= 11 is 1.41. The number of hydrogen-bond acceptors (Lipinski definition) is 6. The number of carbonyl (C=O) groups is 4. The van der Waals surface area contributed by atoms with Crippen molar-refractivity contribution in [2.45, 2.75) is 198 Å². The Bertz CT molecular complexity index is 1200. The van der Waals surface area contributed by atoms with Crippen LogP contribution >= 0.6 is 0 Å². The normalized spacial score (nSPS) is 10.3. The van der Waals surface area contributed by atoms with E-state index >= 15 is 0 Å². The van der Waals surface area contributed by atoms with Crippen molar-refractivity contribution in [2.24, 2.45) is 0 Å². The van der Waals surface area contributed by atoms with E-state index in [9.17, 15) is 14.4 Å². The van der Waals surface area contributed by atoms with Crippen LogP contribution in [0.3, 0.4) is 0 Å². The van der Waals surface area contributed by atoms with E-state index in [2.05, 4.69) is 13.8 Å². The second kappa shape index (κ2) is 55.7. The van der Waals surface area contributed by atoms with Crippen molar-refractivity contribution in [1.29, 1.82) is 0 Å². The Labute approximate surface area is 419 Å². The van der Waals surface area contributed by atoms with Gasteiger partial charge < -0.3 is 20.4 Å². The van der Waals surface area contributed by atoms with E-state index < -0.39 is 34.3 Å². The molecule has 0 spiro atoms. The summed E-state index contributed by atoms with van der Waals surface area (Å²) in [5.41, 5.74) is 0.334. The fourth-order valence-corrected chi connectivity index (χ4v) is 6.07. The van der Waals surface area contributed by atoms with Crippen LogP contribution in [0.4, 0.5) is 0 Å². The van der Waals surface area contributed by atoms with Gasteiger partial charge in [0.25, 0.3) is 5.97 Å². The molecule has 1 aromatic carbocycles. The molecule has 0 saturated carbocycles. The third kappa shape index (κ3) is 78.7. The Hall–Kier alpha value is -0.290. The van der Waals surface area contributed by atoms with E-state index in [1.807, 2.05) is 0 Å². The predicted molar refractivity (Wildman–Crippen MR) is 245 cm³/mol. The van der Waals surface area contributed by atoms with Gasteiger partial charge in [-0.15, -0.1) is 0 Å². The van der Waals surface area contributed by atoms with Crippen molar-refractivity contribution < 1.29 is 57.1 Å². The molecule has 1 rings (SSSR count). The van der Waals surface area contributed by atoms with Gasteiger partial charge in [-0.05, 0) is 25.0 Å². The van der Waals surface area contributed by atoms with Gasteiger partial charge in [-0.2, -0.15) is 8.42 Å². The van der Waals surface area contributed by atoms with Crippen molar-refractivity contribution in [3.63, 3.8) is 0 Å². The molecule has 6 N–H and O–H groups in total. The molecule has 0 aliphatic rings. The van der Waals surface area contributed by atoms with E-state index in [0.29, 0.717) is 12.0 Å². The second-order valence-electron chi connectivity index (χ2n) is 14.2. The van der Waals surface area contributed by atoms with E-state index in [1.165, 1.54) is 179 Å². The van der Waals surface area contributed by atoms with Gasteiger partial charge in [0.05, 0.1) is 5.56 Å². The van der Waals surface area contributed by atoms with Crippen LogP contribution in [0.2, 0.25) is 3.67 Å². The molecule has 0 aliphatic heterocycles. The van der Waals surface area contributed by atoms with Crippen molar-refractivity contribution in [1.82, 2.24) is 0 Å². The summed E-state index contributed by atoms with van der Waals surface area (Å²) in [4.78, 5) is 40.6. The molecule has 332 valence electrons. The summed E-state index contributed by atoms with van der Waals surface area (Å²) in [6, 6.07) is 8.30. The van der Waals surface area contributed by atoms with Crippen molar-refractivity contribution >= 4 is 121 Å². The molecule has 59 heavy (non-hydrogen) atoms. The summed E-state index contributed by atoms with van der Waals surface area (Å²) in [7, 11) is -4.67.